The van der Waals surface area contributed by atoms with E-state index in [2.05, 4.69) is 76.6 Å². The summed E-state index contributed by atoms with van der Waals surface area (Å²) >= 11 is 0. The lowest BCUT2D eigenvalue weighted by atomic mass is 10.1. The van der Waals surface area contributed by atoms with Crippen LogP contribution in [-0.4, -0.2) is 41.0 Å². The molecule has 0 fully saturated rings. The summed E-state index contributed by atoms with van der Waals surface area (Å²) in [5.41, 5.74) is 0. The normalized spacial score (nSPS) is 9.82. The third kappa shape index (κ3) is 21.6. The number of rotatable bonds is 13. The summed E-state index contributed by atoms with van der Waals surface area (Å²) in [6, 6.07) is 0. The topological polar surface area (TPSA) is 119 Å². The molecule has 0 aromatic heterocycles. The minimum absolute atomic E-state index is 0.129. The van der Waals surface area contributed by atoms with E-state index in [1.54, 1.807) is 0 Å². The van der Waals surface area contributed by atoms with Gasteiger partial charge in [0.15, 0.2) is 6.10 Å². The summed E-state index contributed by atoms with van der Waals surface area (Å²) in [5.74, 6) is 23.6. The highest BCUT2D eigenvalue weighted by molar-refractivity contribution is 7.46. The number of carbonyl (C=O) groups excluding carboxylic acids is 2. The van der Waals surface area contributed by atoms with Crippen LogP contribution in [0.15, 0.2) is 0 Å². The maximum atomic E-state index is 12.0. The van der Waals surface area contributed by atoms with Crippen molar-refractivity contribution in [3.05, 3.63) is 0 Å². The number of ether oxygens (including phenoxy) is 2. The molecule has 9 heteroatoms. The number of hydrogen-bond acceptors (Lipinski definition) is 6. The van der Waals surface area contributed by atoms with Crippen LogP contribution < -0.4 is 0 Å². The monoisotopic (exact) mass is 484 g/mol. The van der Waals surface area contributed by atoms with Crippen molar-refractivity contribution in [3.8, 4) is 71.5 Å². The van der Waals surface area contributed by atoms with Crippen LogP contribution in [0, 0.1) is 71.5 Å². The smallest absolute Gasteiger partial charge is 0.456 e. The molecule has 0 heterocycles. The number of carbonyl (C=O) groups is 2. The molecule has 0 radical (unpaired) electrons. The summed E-state index contributed by atoms with van der Waals surface area (Å²) in [6.07, 6.45) is 9.66. The third-order valence-corrected chi connectivity index (χ3v) is 4.08. The van der Waals surface area contributed by atoms with Crippen LogP contribution in [0.1, 0.15) is 51.9 Å². The van der Waals surface area contributed by atoms with Gasteiger partial charge >= 0.3 is 19.8 Å². The molecule has 0 saturated heterocycles. The van der Waals surface area contributed by atoms with Crippen molar-refractivity contribution in [2.75, 3.05) is 13.2 Å². The molecule has 0 unspecified atom stereocenters. The minimum Gasteiger partial charge on any atom is -0.456 e. The summed E-state index contributed by atoms with van der Waals surface area (Å²) in [6.45, 7) is 0.947. The molecule has 0 spiro atoms. The van der Waals surface area contributed by atoms with Crippen LogP contribution >= 0.6 is 7.82 Å². The Bertz CT molecular complexity index is 1070. The molecule has 0 saturated carbocycles. The van der Waals surface area contributed by atoms with Crippen LogP contribution in [0.3, 0.4) is 0 Å². The van der Waals surface area contributed by atoms with Gasteiger partial charge in [0.05, 0.1) is 6.61 Å². The second kappa shape index (κ2) is 20.0. The van der Waals surface area contributed by atoms with Crippen molar-refractivity contribution >= 4 is 19.8 Å². The number of phosphoric ester groups is 1. The van der Waals surface area contributed by atoms with E-state index in [0.29, 0.717) is 6.42 Å². The zero-order chi connectivity index (χ0) is 25.5. The van der Waals surface area contributed by atoms with Gasteiger partial charge in [0.2, 0.25) is 0 Å². The fraction of sp³-hybridized carbons (Fsp3) is 0.440. The average molecular weight is 484 g/mol. The van der Waals surface area contributed by atoms with Crippen LogP contribution in [0.4, 0.5) is 0 Å². The molecule has 0 rings (SSSR count). The maximum absolute atomic E-state index is 12.0. The van der Waals surface area contributed by atoms with E-state index in [1.807, 2.05) is 0 Å². The van der Waals surface area contributed by atoms with Gasteiger partial charge in [0.1, 0.15) is 6.61 Å². The molecule has 1 atom stereocenters. The first-order chi connectivity index (χ1) is 16.3. The van der Waals surface area contributed by atoms with Crippen molar-refractivity contribution < 1.29 is 37.9 Å². The third-order valence-electron chi connectivity index (χ3n) is 3.60. The number of unbranched alkanes of at least 4 members (excludes halogenated alkanes) is 5. The number of phosphoric acid groups is 1. The Labute approximate surface area is 200 Å². The lowest BCUT2D eigenvalue weighted by Gasteiger charge is -2.17. The molecule has 34 heavy (non-hydrogen) atoms. The van der Waals surface area contributed by atoms with E-state index in [-0.39, 0.29) is 6.42 Å². The highest BCUT2D eigenvalue weighted by atomic mass is 31.2. The molecule has 8 nitrogen and oxygen atoms in total. The molecule has 0 bridgehead atoms. The van der Waals surface area contributed by atoms with Gasteiger partial charge in [0, 0.05) is 12.3 Å². The number of terminal acetylenes is 1. The second-order valence-corrected chi connectivity index (χ2v) is 7.65. The fourth-order valence-electron chi connectivity index (χ4n) is 2.13. The lowest BCUT2D eigenvalue weighted by Crippen LogP contribution is -2.29. The summed E-state index contributed by atoms with van der Waals surface area (Å²) in [4.78, 5) is 41.4. The largest absolute Gasteiger partial charge is 0.469 e. The number of hydrogen-bond donors (Lipinski definition) is 2. The first-order valence-electron chi connectivity index (χ1n) is 10.3. The second-order valence-electron chi connectivity index (χ2n) is 6.41. The lowest BCUT2D eigenvalue weighted by molar-refractivity contribution is -0.158. The van der Waals surface area contributed by atoms with E-state index < -0.39 is 39.1 Å². The number of esters is 2. The van der Waals surface area contributed by atoms with Crippen LogP contribution in [0.5, 0.6) is 0 Å². The molecule has 2 N–H and O–H groups in total. The highest BCUT2D eigenvalue weighted by Gasteiger charge is 2.22. The first kappa shape index (κ1) is 30.4. The van der Waals surface area contributed by atoms with Crippen molar-refractivity contribution in [2.45, 2.75) is 58.0 Å². The predicted molar refractivity (Wildman–Crippen MR) is 125 cm³/mol. The summed E-state index contributed by atoms with van der Waals surface area (Å²) in [7, 11) is -4.80. The van der Waals surface area contributed by atoms with Crippen LogP contribution in [-0.2, 0) is 28.2 Å². The molecule has 0 aromatic carbocycles. The highest BCUT2D eigenvalue weighted by Crippen LogP contribution is 2.35. The van der Waals surface area contributed by atoms with Gasteiger partial charge in [-0.2, -0.15) is 0 Å². The quantitative estimate of drug-likeness (QED) is 0.134. The molecular formula is C25H25O8P. The Morgan fingerprint density at radius 1 is 0.853 bits per heavy atom. The molecular weight excluding hydrogens is 459 g/mol. The van der Waals surface area contributed by atoms with Gasteiger partial charge in [-0.15, -0.1) is 6.42 Å². The van der Waals surface area contributed by atoms with Crippen LogP contribution in [0.25, 0.3) is 0 Å². The maximum Gasteiger partial charge on any atom is 0.469 e. The Morgan fingerprint density at radius 3 is 2.00 bits per heavy atom. The Hall–Kier alpha value is -3.59. The Morgan fingerprint density at radius 2 is 1.41 bits per heavy atom. The van der Waals surface area contributed by atoms with E-state index >= 15 is 0 Å². The van der Waals surface area contributed by atoms with Crippen molar-refractivity contribution in [1.82, 2.24) is 0 Å². The SMILES string of the molecule is C#CC#CC#CC#CC#CC#CC(=O)OC[C@@H](COP(=O)(O)O)OC(=O)CCCCCCCC. The molecule has 0 aliphatic rings. The Kier molecular flexibility index (Phi) is 17.9. The predicted octanol–water partition coefficient (Wildman–Crippen LogP) is 1.95. The fourth-order valence-corrected chi connectivity index (χ4v) is 2.49. The van der Waals surface area contributed by atoms with Gasteiger partial charge in [-0.05, 0) is 65.6 Å². The van der Waals surface area contributed by atoms with Gasteiger partial charge in [0.25, 0.3) is 0 Å². The molecule has 178 valence electrons. The van der Waals surface area contributed by atoms with Gasteiger partial charge in [-0.25, -0.2) is 9.36 Å². The zero-order valence-electron chi connectivity index (χ0n) is 18.8. The molecule has 0 aliphatic carbocycles. The molecule has 0 aliphatic heterocycles. The summed E-state index contributed by atoms with van der Waals surface area (Å²) in [5, 5.41) is 0. The van der Waals surface area contributed by atoms with Gasteiger partial charge in [-0.1, -0.05) is 39.0 Å². The zero-order valence-corrected chi connectivity index (χ0v) is 19.7. The Balaban J connectivity index is 4.65. The van der Waals surface area contributed by atoms with Crippen LogP contribution in [0.2, 0.25) is 0 Å². The van der Waals surface area contributed by atoms with E-state index in [9.17, 15) is 14.2 Å². The van der Waals surface area contributed by atoms with Crippen molar-refractivity contribution in [3.63, 3.8) is 0 Å². The first-order valence-corrected chi connectivity index (χ1v) is 11.8. The standard InChI is InChI=1S/C25H25O8P/c1-3-5-7-9-11-12-13-14-16-17-19-24(26)31-21-23(22-32-34(28,29)30)33-25(27)20-18-15-10-8-6-4-2/h1,23H,4,6,8,10,15,18,20-22H2,2H3,(H2,28,29,30)/t23-/m0/s1. The van der Waals surface area contributed by atoms with Crippen molar-refractivity contribution in [2.24, 2.45) is 0 Å². The summed E-state index contributed by atoms with van der Waals surface area (Å²) < 4.78 is 25.2. The van der Waals surface area contributed by atoms with Gasteiger partial charge < -0.3 is 19.3 Å². The molecule has 0 aromatic rings. The van der Waals surface area contributed by atoms with Gasteiger partial charge in [-0.3, -0.25) is 9.32 Å². The average Bonchev–Trinajstić information content (AvgIpc) is 2.78. The van der Waals surface area contributed by atoms with E-state index in [1.165, 1.54) is 0 Å². The van der Waals surface area contributed by atoms with E-state index in [4.69, 9.17) is 25.7 Å². The molecule has 0 amide bonds. The minimum atomic E-state index is -4.80. The van der Waals surface area contributed by atoms with Crippen molar-refractivity contribution in [1.29, 1.82) is 0 Å². The van der Waals surface area contributed by atoms with E-state index in [0.717, 1.165) is 32.1 Å².